The van der Waals surface area contributed by atoms with E-state index in [2.05, 4.69) is 4.72 Å². The molecule has 3 rings (SSSR count). The average Bonchev–Trinajstić information content (AvgIpc) is 2.51. The van der Waals surface area contributed by atoms with Crippen LogP contribution in [0.5, 0.6) is 5.75 Å². The highest BCUT2D eigenvalue weighted by molar-refractivity contribution is 7.92. The van der Waals surface area contributed by atoms with E-state index in [9.17, 15) is 8.42 Å². The molecule has 0 spiro atoms. The lowest BCUT2D eigenvalue weighted by atomic mass is 10.2. The Morgan fingerprint density at radius 3 is 2.74 bits per heavy atom. The van der Waals surface area contributed by atoms with Crippen molar-refractivity contribution < 1.29 is 13.2 Å². The lowest BCUT2D eigenvalue weighted by Gasteiger charge is -2.28. The van der Waals surface area contributed by atoms with Crippen LogP contribution in [0.2, 0.25) is 10.0 Å². The summed E-state index contributed by atoms with van der Waals surface area (Å²) in [5.74, 6) is 0.665. The van der Waals surface area contributed by atoms with E-state index < -0.39 is 10.0 Å². The first kappa shape index (κ1) is 16.2. The Bertz CT molecular complexity index is 856. The predicted octanol–water partition coefficient (Wildman–Crippen LogP) is 3.62. The van der Waals surface area contributed by atoms with Crippen molar-refractivity contribution in [2.45, 2.75) is 4.90 Å². The van der Waals surface area contributed by atoms with Gasteiger partial charge in [0.25, 0.3) is 10.0 Å². The van der Waals surface area contributed by atoms with Crippen molar-refractivity contribution in [1.29, 1.82) is 0 Å². The monoisotopic (exact) mass is 372 g/mol. The molecule has 0 fully saturated rings. The minimum absolute atomic E-state index is 0.129. The number of anilines is 2. The van der Waals surface area contributed by atoms with Crippen LogP contribution >= 0.6 is 23.2 Å². The molecule has 0 saturated carbocycles. The van der Waals surface area contributed by atoms with Crippen molar-refractivity contribution >= 4 is 44.6 Å². The molecule has 1 heterocycles. The SMILES string of the molecule is CN1CCOc2ccc(S(=O)(=O)Nc3cc(Cl)ccc3Cl)cc21. The van der Waals surface area contributed by atoms with E-state index >= 15 is 0 Å². The summed E-state index contributed by atoms with van der Waals surface area (Å²) in [6.07, 6.45) is 0. The van der Waals surface area contributed by atoms with Gasteiger partial charge in [-0.15, -0.1) is 0 Å². The van der Waals surface area contributed by atoms with E-state index in [-0.39, 0.29) is 15.6 Å². The molecule has 0 unspecified atom stereocenters. The summed E-state index contributed by atoms with van der Waals surface area (Å²) in [7, 11) is -1.90. The third-order valence-corrected chi connectivity index (χ3v) is 5.44. The number of benzene rings is 2. The zero-order valence-corrected chi connectivity index (χ0v) is 14.5. The molecule has 0 bridgehead atoms. The summed E-state index contributed by atoms with van der Waals surface area (Å²) < 4.78 is 33.2. The van der Waals surface area contributed by atoms with Gasteiger partial charge < -0.3 is 9.64 Å². The van der Waals surface area contributed by atoms with Crippen LogP contribution in [-0.2, 0) is 10.0 Å². The molecule has 2 aromatic rings. The van der Waals surface area contributed by atoms with Gasteiger partial charge in [-0.25, -0.2) is 8.42 Å². The Morgan fingerprint density at radius 1 is 1.17 bits per heavy atom. The molecule has 2 aromatic carbocycles. The summed E-state index contributed by atoms with van der Waals surface area (Å²) in [5, 5.41) is 0.669. The summed E-state index contributed by atoms with van der Waals surface area (Å²) in [4.78, 5) is 2.08. The molecule has 0 atom stereocenters. The largest absolute Gasteiger partial charge is 0.490 e. The molecule has 1 aliphatic rings. The third-order valence-electron chi connectivity index (χ3n) is 3.51. The molecule has 0 radical (unpaired) electrons. The molecule has 0 saturated heterocycles. The fraction of sp³-hybridized carbons (Fsp3) is 0.200. The van der Waals surface area contributed by atoms with Crippen LogP contribution in [0.1, 0.15) is 0 Å². The van der Waals surface area contributed by atoms with Crippen LogP contribution in [0.3, 0.4) is 0 Å². The first-order chi connectivity index (χ1) is 10.9. The molecule has 0 amide bonds. The normalized spacial score (nSPS) is 14.1. The number of ether oxygens (including phenoxy) is 1. The highest BCUT2D eigenvalue weighted by Crippen LogP contribution is 2.34. The predicted molar refractivity (Wildman–Crippen MR) is 92.5 cm³/mol. The standard InChI is InChI=1S/C15H14Cl2N2O3S/c1-19-6-7-22-15-5-3-11(9-14(15)19)23(20,21)18-13-8-10(16)2-4-12(13)17/h2-5,8-9,18H,6-7H2,1H3. The zero-order chi connectivity index (χ0) is 16.6. The Labute approximate surface area is 144 Å². The first-order valence-corrected chi connectivity index (χ1v) is 9.06. The zero-order valence-electron chi connectivity index (χ0n) is 12.2. The molecule has 1 N–H and O–H groups in total. The van der Waals surface area contributed by atoms with Crippen LogP contribution in [-0.4, -0.2) is 28.6 Å². The minimum atomic E-state index is -3.78. The Kier molecular flexibility index (Phi) is 4.31. The topological polar surface area (TPSA) is 58.6 Å². The van der Waals surface area contributed by atoms with E-state index in [0.29, 0.717) is 23.9 Å². The number of likely N-dealkylation sites (N-methyl/N-ethyl adjacent to an activating group) is 1. The minimum Gasteiger partial charge on any atom is -0.490 e. The number of hydrogen-bond acceptors (Lipinski definition) is 4. The van der Waals surface area contributed by atoms with Crippen LogP contribution in [0.15, 0.2) is 41.3 Å². The van der Waals surface area contributed by atoms with Crippen molar-refractivity contribution in [3.8, 4) is 5.75 Å². The summed E-state index contributed by atoms with van der Waals surface area (Å²) in [6, 6.07) is 9.32. The van der Waals surface area contributed by atoms with Crippen molar-refractivity contribution in [3.63, 3.8) is 0 Å². The average molecular weight is 373 g/mol. The number of halogens is 2. The second kappa shape index (κ2) is 6.11. The molecule has 122 valence electrons. The smallest absolute Gasteiger partial charge is 0.262 e. The van der Waals surface area contributed by atoms with Gasteiger partial charge in [0.05, 0.1) is 27.8 Å². The Balaban J connectivity index is 1.97. The lowest BCUT2D eigenvalue weighted by molar-refractivity contribution is 0.311. The molecule has 1 aliphatic heterocycles. The Hall–Kier alpha value is -1.63. The van der Waals surface area contributed by atoms with Crippen molar-refractivity contribution in [3.05, 3.63) is 46.4 Å². The van der Waals surface area contributed by atoms with E-state index in [0.717, 1.165) is 5.69 Å². The van der Waals surface area contributed by atoms with Gasteiger partial charge >= 0.3 is 0 Å². The van der Waals surface area contributed by atoms with Crippen molar-refractivity contribution in [2.75, 3.05) is 29.8 Å². The van der Waals surface area contributed by atoms with Crippen LogP contribution in [0, 0.1) is 0 Å². The number of nitrogens with one attached hydrogen (secondary N) is 1. The van der Waals surface area contributed by atoms with Gasteiger partial charge in [-0.1, -0.05) is 23.2 Å². The van der Waals surface area contributed by atoms with Crippen LogP contribution in [0.25, 0.3) is 0 Å². The number of fused-ring (bicyclic) bond motifs is 1. The highest BCUT2D eigenvalue weighted by atomic mass is 35.5. The van der Waals surface area contributed by atoms with Gasteiger partial charge in [-0.3, -0.25) is 4.72 Å². The fourth-order valence-corrected chi connectivity index (χ4v) is 3.76. The van der Waals surface area contributed by atoms with Crippen LogP contribution < -0.4 is 14.4 Å². The van der Waals surface area contributed by atoms with Gasteiger partial charge in [0.15, 0.2) is 0 Å². The van der Waals surface area contributed by atoms with Gasteiger partial charge in [-0.05, 0) is 36.4 Å². The van der Waals surface area contributed by atoms with Crippen molar-refractivity contribution in [1.82, 2.24) is 0 Å². The Morgan fingerprint density at radius 2 is 1.96 bits per heavy atom. The maximum atomic E-state index is 12.6. The maximum Gasteiger partial charge on any atom is 0.262 e. The summed E-state index contributed by atoms with van der Waals surface area (Å²) in [5.41, 5.74) is 0.970. The van der Waals surface area contributed by atoms with Crippen molar-refractivity contribution in [2.24, 2.45) is 0 Å². The molecular formula is C15H14Cl2N2O3S. The number of nitrogens with zero attached hydrogens (tertiary/aromatic N) is 1. The third kappa shape index (κ3) is 3.34. The van der Waals surface area contributed by atoms with E-state index in [1.54, 1.807) is 18.2 Å². The van der Waals surface area contributed by atoms with E-state index in [4.69, 9.17) is 27.9 Å². The number of hydrogen-bond donors (Lipinski definition) is 1. The maximum absolute atomic E-state index is 12.6. The molecule has 0 aromatic heterocycles. The molecule has 8 heteroatoms. The van der Waals surface area contributed by atoms with E-state index in [1.165, 1.54) is 18.2 Å². The summed E-state index contributed by atoms with van der Waals surface area (Å²) >= 11 is 11.9. The summed E-state index contributed by atoms with van der Waals surface area (Å²) in [6.45, 7) is 1.27. The first-order valence-electron chi connectivity index (χ1n) is 6.83. The van der Waals surface area contributed by atoms with Gasteiger partial charge in [-0.2, -0.15) is 0 Å². The van der Waals surface area contributed by atoms with Gasteiger partial charge in [0, 0.05) is 12.1 Å². The second-order valence-electron chi connectivity index (χ2n) is 5.13. The van der Waals surface area contributed by atoms with E-state index in [1.807, 2.05) is 11.9 Å². The number of sulfonamides is 1. The molecule has 0 aliphatic carbocycles. The molecular weight excluding hydrogens is 359 g/mol. The highest BCUT2D eigenvalue weighted by Gasteiger charge is 2.21. The fourth-order valence-electron chi connectivity index (χ4n) is 2.28. The van der Waals surface area contributed by atoms with Crippen LogP contribution in [0.4, 0.5) is 11.4 Å². The molecule has 23 heavy (non-hydrogen) atoms. The quantitative estimate of drug-likeness (QED) is 0.893. The molecule has 5 nitrogen and oxygen atoms in total. The second-order valence-corrected chi connectivity index (χ2v) is 7.66. The van der Waals surface area contributed by atoms with Gasteiger partial charge in [0.2, 0.25) is 0 Å². The lowest BCUT2D eigenvalue weighted by Crippen LogP contribution is -2.29. The van der Waals surface area contributed by atoms with Gasteiger partial charge in [0.1, 0.15) is 12.4 Å². The number of rotatable bonds is 3.